The molecule has 0 aliphatic carbocycles. The summed E-state index contributed by atoms with van der Waals surface area (Å²) in [4.78, 5) is 5.27. The van der Waals surface area contributed by atoms with Crippen LogP contribution in [0.25, 0.3) is 0 Å². The largest absolute Gasteiger partial charge is 0.275 e. The molecule has 0 aliphatic rings. The van der Waals surface area contributed by atoms with Gasteiger partial charge in [0, 0.05) is 17.3 Å². The van der Waals surface area contributed by atoms with Gasteiger partial charge >= 0.3 is 0 Å². The minimum atomic E-state index is -3.47. The third-order valence-electron chi connectivity index (χ3n) is 2.48. The highest BCUT2D eigenvalue weighted by molar-refractivity contribution is 7.95. The van der Waals surface area contributed by atoms with Crippen LogP contribution in [-0.4, -0.2) is 20.4 Å². The first kappa shape index (κ1) is 13.5. The zero-order valence-electron chi connectivity index (χ0n) is 10.4. The number of rotatable bonds is 4. The molecule has 0 aromatic carbocycles. The minimum absolute atomic E-state index is 0.370. The molecule has 0 bridgehead atoms. The Morgan fingerprint density at radius 2 is 2.11 bits per heavy atom. The quantitative estimate of drug-likeness (QED) is 0.872. The van der Waals surface area contributed by atoms with Crippen LogP contribution in [-0.2, 0) is 16.4 Å². The highest BCUT2D eigenvalue weighted by Gasteiger charge is 2.24. The van der Waals surface area contributed by atoms with Gasteiger partial charge in [-0.1, -0.05) is 6.92 Å². The highest BCUT2D eigenvalue weighted by Crippen LogP contribution is 2.29. The summed E-state index contributed by atoms with van der Waals surface area (Å²) < 4.78 is 26.4. The third kappa shape index (κ3) is 2.43. The van der Waals surface area contributed by atoms with E-state index in [9.17, 15) is 8.42 Å². The molecule has 0 saturated carbocycles. The molecule has 2 rings (SSSR count). The second-order valence-electron chi connectivity index (χ2n) is 3.82. The van der Waals surface area contributed by atoms with E-state index in [1.807, 2.05) is 25.3 Å². The molecule has 2 aromatic heterocycles. The first-order valence-electron chi connectivity index (χ1n) is 5.45. The van der Waals surface area contributed by atoms with Gasteiger partial charge in [0.2, 0.25) is 0 Å². The van der Waals surface area contributed by atoms with Gasteiger partial charge in [-0.3, -0.25) is 0 Å². The van der Waals surface area contributed by atoms with E-state index in [1.54, 1.807) is 13.1 Å². The first-order valence-corrected chi connectivity index (χ1v) is 8.58. The number of aromatic nitrogens is 1. The zero-order valence-corrected chi connectivity index (χ0v) is 12.8. The summed E-state index contributed by atoms with van der Waals surface area (Å²) in [6.45, 7) is 3.86. The monoisotopic (exact) mass is 302 g/mol. The Balaban J connectivity index is 2.36. The van der Waals surface area contributed by atoms with Crippen molar-refractivity contribution < 1.29 is 8.42 Å². The maximum atomic E-state index is 12.4. The first-order chi connectivity index (χ1) is 8.45. The molecule has 0 spiro atoms. The van der Waals surface area contributed by atoms with E-state index in [4.69, 9.17) is 0 Å². The maximum absolute atomic E-state index is 12.4. The van der Waals surface area contributed by atoms with E-state index in [1.165, 1.54) is 27.0 Å². The van der Waals surface area contributed by atoms with Crippen molar-refractivity contribution in [3.05, 3.63) is 28.1 Å². The molecule has 0 amide bonds. The molecule has 18 heavy (non-hydrogen) atoms. The molecule has 98 valence electrons. The summed E-state index contributed by atoms with van der Waals surface area (Å²) in [5, 5.41) is 2.34. The molecular formula is C11H14N2O2S3. The van der Waals surface area contributed by atoms with Gasteiger partial charge in [-0.15, -0.1) is 22.7 Å². The number of hydrogen-bond donors (Lipinski definition) is 0. The van der Waals surface area contributed by atoms with E-state index in [2.05, 4.69) is 4.98 Å². The molecule has 0 saturated heterocycles. The summed E-state index contributed by atoms with van der Waals surface area (Å²) in [5.74, 6) is 0. The van der Waals surface area contributed by atoms with Crippen LogP contribution in [0.15, 0.2) is 21.7 Å². The number of aryl methyl sites for hydroxylation is 2. The fraction of sp³-hybridized carbons (Fsp3) is 0.364. The van der Waals surface area contributed by atoms with Crippen molar-refractivity contribution in [1.82, 2.24) is 4.98 Å². The third-order valence-corrected chi connectivity index (χ3v) is 7.07. The van der Waals surface area contributed by atoms with E-state index in [-0.39, 0.29) is 0 Å². The summed E-state index contributed by atoms with van der Waals surface area (Å²) >= 11 is 2.65. The van der Waals surface area contributed by atoms with Gasteiger partial charge in [0.05, 0.1) is 5.69 Å². The van der Waals surface area contributed by atoms with Crippen LogP contribution in [0.2, 0.25) is 0 Å². The van der Waals surface area contributed by atoms with Crippen molar-refractivity contribution in [3.63, 3.8) is 0 Å². The van der Waals surface area contributed by atoms with E-state index < -0.39 is 10.0 Å². The van der Waals surface area contributed by atoms with Gasteiger partial charge in [-0.25, -0.2) is 17.7 Å². The van der Waals surface area contributed by atoms with Crippen molar-refractivity contribution in [1.29, 1.82) is 0 Å². The highest BCUT2D eigenvalue weighted by atomic mass is 32.2. The van der Waals surface area contributed by atoms with Crippen molar-refractivity contribution in [2.45, 2.75) is 24.5 Å². The van der Waals surface area contributed by atoms with E-state index in [0.29, 0.717) is 9.34 Å². The normalized spacial score (nSPS) is 11.7. The Kier molecular flexibility index (Phi) is 3.74. The van der Waals surface area contributed by atoms with Gasteiger partial charge in [-0.05, 0) is 25.5 Å². The van der Waals surface area contributed by atoms with Crippen LogP contribution >= 0.6 is 22.7 Å². The Bertz CT molecular complexity index is 643. The van der Waals surface area contributed by atoms with Crippen molar-refractivity contribution in [3.8, 4) is 0 Å². The molecule has 0 aliphatic heterocycles. The summed E-state index contributed by atoms with van der Waals surface area (Å²) in [5.41, 5.74) is 0.831. The topological polar surface area (TPSA) is 50.3 Å². The Morgan fingerprint density at radius 1 is 1.39 bits per heavy atom. The summed E-state index contributed by atoms with van der Waals surface area (Å²) in [7, 11) is -1.93. The smallest absolute Gasteiger partial charge is 0.244 e. The van der Waals surface area contributed by atoms with Crippen molar-refractivity contribution >= 4 is 37.8 Å². The van der Waals surface area contributed by atoms with Crippen LogP contribution in [0, 0.1) is 6.92 Å². The second-order valence-corrected chi connectivity index (χ2v) is 8.02. The molecule has 4 nitrogen and oxygen atoms in total. The van der Waals surface area contributed by atoms with Crippen LogP contribution in [0.1, 0.15) is 17.5 Å². The molecule has 0 atom stereocenters. The lowest BCUT2D eigenvalue weighted by Gasteiger charge is -2.14. The van der Waals surface area contributed by atoms with E-state index in [0.717, 1.165) is 17.0 Å². The number of thiophene rings is 1. The van der Waals surface area contributed by atoms with Crippen LogP contribution < -0.4 is 4.31 Å². The van der Waals surface area contributed by atoms with Crippen LogP contribution in [0.5, 0.6) is 0 Å². The fourth-order valence-corrected chi connectivity index (χ4v) is 5.02. The van der Waals surface area contributed by atoms with Crippen LogP contribution in [0.4, 0.5) is 5.13 Å². The molecule has 2 heterocycles. The average Bonchev–Trinajstić information content (AvgIpc) is 2.96. The molecule has 0 unspecified atom stereocenters. The van der Waals surface area contributed by atoms with Gasteiger partial charge in [0.25, 0.3) is 10.0 Å². The maximum Gasteiger partial charge on any atom is 0.275 e. The predicted molar refractivity (Wildman–Crippen MR) is 76.1 cm³/mol. The fourth-order valence-electron chi connectivity index (χ4n) is 1.41. The van der Waals surface area contributed by atoms with Crippen molar-refractivity contribution in [2.24, 2.45) is 0 Å². The summed E-state index contributed by atoms with van der Waals surface area (Å²) in [6.07, 6.45) is 0.847. The number of sulfonamides is 1. The number of hydrogen-bond acceptors (Lipinski definition) is 5. The molecule has 0 N–H and O–H groups in total. The van der Waals surface area contributed by atoms with Gasteiger partial charge < -0.3 is 0 Å². The lowest BCUT2D eigenvalue weighted by Crippen LogP contribution is -2.25. The number of nitrogens with zero attached hydrogens (tertiary/aromatic N) is 2. The number of thiazole rings is 1. The SMILES string of the molecule is CCc1ccc(S(=O)(=O)N(C)c2nc(C)cs2)s1. The van der Waals surface area contributed by atoms with Gasteiger partial charge in [-0.2, -0.15) is 0 Å². The molecule has 2 aromatic rings. The van der Waals surface area contributed by atoms with Gasteiger partial charge in [0.1, 0.15) is 4.21 Å². The van der Waals surface area contributed by atoms with E-state index >= 15 is 0 Å². The zero-order chi connectivity index (χ0) is 13.3. The van der Waals surface area contributed by atoms with Gasteiger partial charge in [0.15, 0.2) is 5.13 Å². The molecular weight excluding hydrogens is 288 g/mol. The minimum Gasteiger partial charge on any atom is -0.244 e. The van der Waals surface area contributed by atoms with Crippen LogP contribution in [0.3, 0.4) is 0 Å². The standard InChI is InChI=1S/C11H14N2O2S3/c1-4-9-5-6-10(17-9)18(14,15)13(3)11-12-8(2)7-16-11/h5-7H,4H2,1-3H3. The Labute approximate surface area is 115 Å². The Hall–Kier alpha value is -0.920. The Morgan fingerprint density at radius 3 is 2.61 bits per heavy atom. The average molecular weight is 302 g/mol. The molecule has 7 heteroatoms. The predicted octanol–water partition coefficient (Wildman–Crippen LogP) is 2.90. The lowest BCUT2D eigenvalue weighted by atomic mass is 10.4. The molecule has 0 radical (unpaired) electrons. The van der Waals surface area contributed by atoms with Crippen molar-refractivity contribution in [2.75, 3.05) is 11.4 Å². The second kappa shape index (κ2) is 4.99. The summed E-state index contributed by atoms with van der Waals surface area (Å²) in [6, 6.07) is 3.52. The number of anilines is 1. The lowest BCUT2D eigenvalue weighted by molar-refractivity contribution is 0.596. The molecule has 0 fully saturated rings.